The Bertz CT molecular complexity index is 1210. The first kappa shape index (κ1) is 28.4. The van der Waals surface area contributed by atoms with E-state index in [1.54, 1.807) is 24.3 Å². The summed E-state index contributed by atoms with van der Waals surface area (Å²) >= 11 is 0. The van der Waals surface area contributed by atoms with E-state index >= 15 is 0 Å². The van der Waals surface area contributed by atoms with Crippen LogP contribution in [-0.4, -0.2) is 23.3 Å². The fourth-order valence-electron chi connectivity index (χ4n) is 3.96. The monoisotopic (exact) mass is 508 g/mol. The summed E-state index contributed by atoms with van der Waals surface area (Å²) < 4.78 is 5.66. The highest BCUT2D eigenvalue weighted by atomic mass is 16.5. The van der Waals surface area contributed by atoms with Gasteiger partial charge in [0.15, 0.2) is 11.6 Å². The van der Waals surface area contributed by atoms with Crippen molar-refractivity contribution in [2.75, 3.05) is 6.61 Å². The molecule has 196 valence electrons. The molecule has 38 heavy (non-hydrogen) atoms. The number of rotatable bonds is 12. The molecule has 0 fully saturated rings. The number of hydrogen-bond donors (Lipinski definition) is 1. The number of hydrogen-bond acceptors (Lipinski definition) is 4. The van der Waals surface area contributed by atoms with Gasteiger partial charge in [0.2, 0.25) is 0 Å². The van der Waals surface area contributed by atoms with Crippen molar-refractivity contribution in [2.45, 2.75) is 45.4 Å². The van der Waals surface area contributed by atoms with Crippen molar-refractivity contribution in [1.29, 1.82) is 0 Å². The van der Waals surface area contributed by atoms with E-state index in [0.29, 0.717) is 23.5 Å². The van der Waals surface area contributed by atoms with Gasteiger partial charge < -0.3 is 9.84 Å². The van der Waals surface area contributed by atoms with Crippen molar-refractivity contribution in [3.63, 3.8) is 0 Å². The fraction of sp³-hybridized carbons (Fsp3) is 0.235. The number of carbonyl (C=O) groups is 2. The number of carbonyl (C=O) groups excluding carboxylic acids is 2. The normalized spacial score (nSPS) is 10.2. The van der Waals surface area contributed by atoms with Gasteiger partial charge in [-0.3, -0.25) is 9.59 Å². The molecule has 0 amide bonds. The Morgan fingerprint density at radius 2 is 1.08 bits per heavy atom. The first-order valence-electron chi connectivity index (χ1n) is 13.3. The first-order valence-corrected chi connectivity index (χ1v) is 13.3. The smallest absolute Gasteiger partial charge is 0.196 e. The second-order valence-electron chi connectivity index (χ2n) is 9.05. The summed E-state index contributed by atoms with van der Waals surface area (Å²) in [6.45, 7) is 2.85. The van der Waals surface area contributed by atoms with Gasteiger partial charge in [0.05, 0.1) is 12.2 Å². The van der Waals surface area contributed by atoms with Crippen molar-refractivity contribution in [3.05, 3.63) is 131 Å². The van der Waals surface area contributed by atoms with Gasteiger partial charge in [0.1, 0.15) is 11.5 Å². The summed E-state index contributed by atoms with van der Waals surface area (Å²) in [4.78, 5) is 24.2. The average Bonchev–Trinajstić information content (AvgIpc) is 2.98. The summed E-state index contributed by atoms with van der Waals surface area (Å²) in [5, 5.41) is 10.1. The van der Waals surface area contributed by atoms with Gasteiger partial charge in [-0.2, -0.15) is 0 Å². The molecule has 0 unspecified atom stereocenters. The third-order valence-electron chi connectivity index (χ3n) is 6.09. The van der Waals surface area contributed by atoms with Crippen LogP contribution in [0.3, 0.4) is 0 Å². The van der Waals surface area contributed by atoms with Crippen LogP contribution in [-0.2, 0) is 0 Å². The van der Waals surface area contributed by atoms with Gasteiger partial charge in [-0.05, 0) is 18.6 Å². The van der Waals surface area contributed by atoms with Crippen LogP contribution in [0.4, 0.5) is 0 Å². The van der Waals surface area contributed by atoms with Gasteiger partial charge in [-0.15, -0.1) is 0 Å². The van der Waals surface area contributed by atoms with E-state index in [2.05, 4.69) is 6.92 Å². The van der Waals surface area contributed by atoms with Crippen molar-refractivity contribution in [1.82, 2.24) is 0 Å². The molecular formula is C34H36O4. The lowest BCUT2D eigenvalue weighted by atomic mass is 10.0. The number of ether oxygens (including phenoxy) is 1. The molecule has 0 aliphatic rings. The molecule has 0 bridgehead atoms. The lowest BCUT2D eigenvalue weighted by molar-refractivity contribution is 0.102. The zero-order valence-corrected chi connectivity index (χ0v) is 22.0. The highest BCUT2D eigenvalue weighted by Crippen LogP contribution is 2.26. The Labute approximate surface area is 225 Å². The Kier molecular flexibility index (Phi) is 11.8. The molecule has 0 saturated carbocycles. The number of unbranched alkanes of at least 4 members (excludes halogenated alkanes) is 5. The van der Waals surface area contributed by atoms with Crippen molar-refractivity contribution < 1.29 is 19.4 Å². The largest absolute Gasteiger partial charge is 0.507 e. The molecular weight excluding hydrogens is 472 g/mol. The molecule has 0 aliphatic carbocycles. The predicted molar refractivity (Wildman–Crippen MR) is 153 cm³/mol. The highest BCUT2D eigenvalue weighted by Gasteiger charge is 2.14. The molecule has 4 aromatic carbocycles. The van der Waals surface area contributed by atoms with E-state index in [9.17, 15) is 14.7 Å². The number of phenols is 1. The summed E-state index contributed by atoms with van der Waals surface area (Å²) in [6, 6.07) is 32.5. The number of ketones is 2. The van der Waals surface area contributed by atoms with E-state index in [1.165, 1.54) is 31.7 Å². The molecule has 4 rings (SSSR count). The second-order valence-corrected chi connectivity index (χ2v) is 9.05. The molecule has 4 nitrogen and oxygen atoms in total. The Morgan fingerprint density at radius 3 is 1.58 bits per heavy atom. The maximum absolute atomic E-state index is 12.4. The molecule has 4 aromatic rings. The van der Waals surface area contributed by atoms with Crippen LogP contribution >= 0.6 is 0 Å². The van der Waals surface area contributed by atoms with Gasteiger partial charge in [0, 0.05) is 22.8 Å². The fourth-order valence-corrected chi connectivity index (χ4v) is 3.96. The first-order chi connectivity index (χ1) is 18.6. The maximum Gasteiger partial charge on any atom is 0.196 e. The molecule has 0 aliphatic heterocycles. The van der Waals surface area contributed by atoms with Crippen molar-refractivity contribution in [2.24, 2.45) is 0 Å². The Balaban J connectivity index is 0.000000241. The van der Waals surface area contributed by atoms with Crippen LogP contribution in [0, 0.1) is 0 Å². The zero-order valence-electron chi connectivity index (χ0n) is 22.0. The van der Waals surface area contributed by atoms with E-state index in [0.717, 1.165) is 24.0 Å². The number of phenolic OH excluding ortho intramolecular Hbond substituents is 1. The van der Waals surface area contributed by atoms with Crippen LogP contribution < -0.4 is 4.74 Å². The average molecular weight is 509 g/mol. The Morgan fingerprint density at radius 1 is 0.605 bits per heavy atom. The molecule has 0 radical (unpaired) electrons. The minimum atomic E-state index is -0.185. The van der Waals surface area contributed by atoms with Gasteiger partial charge in [0.25, 0.3) is 0 Å². The quantitative estimate of drug-likeness (QED) is 0.154. The van der Waals surface area contributed by atoms with Gasteiger partial charge in [-0.25, -0.2) is 0 Å². The van der Waals surface area contributed by atoms with Crippen LogP contribution in [0.2, 0.25) is 0 Å². The standard InChI is InChI=1S/C21H26O3.C13H10O/c1-2-3-4-5-6-10-15-24-18-13-14-19(20(22)16-18)21(23)17-11-8-7-9-12-17;14-13(11-7-3-1-4-8-11)12-9-5-2-6-10-12/h7-9,11-14,16,22H,2-6,10,15H2,1H3;1-10H. The molecule has 4 heteroatoms. The summed E-state index contributed by atoms with van der Waals surface area (Å²) in [5.74, 6) is 0.455. The maximum atomic E-state index is 12.4. The second kappa shape index (κ2) is 15.8. The molecule has 1 N–H and O–H groups in total. The zero-order chi connectivity index (χ0) is 27.0. The molecule has 0 spiro atoms. The predicted octanol–water partition coefficient (Wildman–Crippen LogP) is 8.28. The molecule has 0 heterocycles. The SMILES string of the molecule is CCCCCCCCOc1ccc(C(=O)c2ccccc2)c(O)c1.O=C(c1ccccc1)c1ccccc1. The van der Waals surface area contributed by atoms with Crippen LogP contribution in [0.5, 0.6) is 11.5 Å². The van der Waals surface area contributed by atoms with Crippen LogP contribution in [0.1, 0.15) is 77.3 Å². The van der Waals surface area contributed by atoms with Crippen molar-refractivity contribution in [3.8, 4) is 11.5 Å². The Hall–Kier alpha value is -4.18. The molecule has 0 aromatic heterocycles. The third-order valence-corrected chi connectivity index (χ3v) is 6.09. The molecule has 0 atom stereocenters. The minimum absolute atomic E-state index is 0.0377. The summed E-state index contributed by atoms with van der Waals surface area (Å²) in [7, 11) is 0. The topological polar surface area (TPSA) is 63.6 Å². The van der Waals surface area contributed by atoms with E-state index in [4.69, 9.17) is 4.74 Å². The summed E-state index contributed by atoms with van der Waals surface area (Å²) in [6.07, 6.45) is 7.25. The number of aromatic hydroxyl groups is 1. The lowest BCUT2D eigenvalue weighted by Crippen LogP contribution is -2.02. The minimum Gasteiger partial charge on any atom is -0.507 e. The van der Waals surface area contributed by atoms with Gasteiger partial charge >= 0.3 is 0 Å². The van der Waals surface area contributed by atoms with E-state index in [1.807, 2.05) is 78.9 Å². The van der Waals surface area contributed by atoms with Crippen molar-refractivity contribution >= 4 is 11.6 Å². The summed E-state index contributed by atoms with van der Waals surface area (Å²) in [5.41, 5.74) is 2.33. The van der Waals surface area contributed by atoms with Crippen LogP contribution in [0.25, 0.3) is 0 Å². The highest BCUT2D eigenvalue weighted by molar-refractivity contribution is 6.10. The van der Waals surface area contributed by atoms with Gasteiger partial charge in [-0.1, -0.05) is 130 Å². The van der Waals surface area contributed by atoms with Crippen LogP contribution in [0.15, 0.2) is 109 Å². The van der Waals surface area contributed by atoms with E-state index < -0.39 is 0 Å². The van der Waals surface area contributed by atoms with E-state index in [-0.39, 0.29) is 17.3 Å². The number of benzene rings is 4. The molecule has 0 saturated heterocycles. The lowest BCUT2D eigenvalue weighted by Gasteiger charge is -2.09. The third kappa shape index (κ3) is 9.04.